The quantitative estimate of drug-likeness (QED) is 0.351. The van der Waals surface area contributed by atoms with Gasteiger partial charge < -0.3 is 19.6 Å². The molecule has 1 aromatic heterocycles. The molecule has 1 saturated heterocycles. The molecule has 0 bridgehead atoms. The van der Waals surface area contributed by atoms with Gasteiger partial charge in [0.1, 0.15) is 5.60 Å². The summed E-state index contributed by atoms with van der Waals surface area (Å²) in [5.41, 5.74) is 2.70. The average Bonchev–Trinajstić information content (AvgIpc) is 2.95. The van der Waals surface area contributed by atoms with Crippen molar-refractivity contribution >= 4 is 31.7 Å². The maximum absolute atomic E-state index is 15.7. The zero-order valence-corrected chi connectivity index (χ0v) is 21.2. The third-order valence-electron chi connectivity index (χ3n) is 6.07. The van der Waals surface area contributed by atoms with E-state index >= 15 is 4.39 Å². The highest BCUT2D eigenvalue weighted by atomic mass is 35.5. The van der Waals surface area contributed by atoms with E-state index in [0.29, 0.717) is 10.8 Å². The van der Waals surface area contributed by atoms with E-state index < -0.39 is 61.6 Å². The Morgan fingerprint density at radius 2 is 2.03 bits per heavy atom. The molecule has 0 radical (unpaired) electrons. The van der Waals surface area contributed by atoms with Crippen molar-refractivity contribution in [3.05, 3.63) is 22.5 Å². The molecule has 1 aromatic rings. The Labute approximate surface area is 192 Å². The molecule has 0 aromatic carbocycles. The molecule has 32 heavy (non-hydrogen) atoms. The molecule has 2 rings (SSSR count). The smallest absolute Gasteiger partial charge is 0.351 e. The lowest BCUT2D eigenvalue weighted by Crippen LogP contribution is -2.54. The number of halogens is 3. The molecule has 8 nitrogen and oxygen atoms in total. The van der Waals surface area contributed by atoms with E-state index in [1.165, 1.54) is 0 Å². The number of carbonyl (C=O) groups excluding carboxylic acids is 1. The summed E-state index contributed by atoms with van der Waals surface area (Å²) in [7, 11) is -2.34. The maximum atomic E-state index is 15.7. The lowest BCUT2D eigenvalue weighted by Gasteiger charge is -2.40. The number of nitrogens with zero attached hydrogens (tertiary/aromatic N) is 2. The normalized spacial score (nSPS) is 26.5. The second kappa shape index (κ2) is 9.36. The van der Waals surface area contributed by atoms with Gasteiger partial charge in [0.2, 0.25) is 0 Å². The molecule has 0 unspecified atom stereocenters. The maximum Gasteiger partial charge on any atom is 0.351 e. The Hall–Kier alpha value is -1.56. The number of hydrogen-bond acceptors (Lipinski definition) is 7. The Morgan fingerprint density at radius 3 is 2.53 bits per heavy atom. The molecule has 2 N–H and O–H groups in total. The lowest BCUT2D eigenvalue weighted by atomic mass is 9.98. The van der Waals surface area contributed by atoms with Crippen LogP contribution in [0.3, 0.4) is 0 Å². The van der Waals surface area contributed by atoms with Gasteiger partial charge >= 0.3 is 11.7 Å². The number of alkyl halides is 2. The van der Waals surface area contributed by atoms with E-state index in [-0.39, 0.29) is 17.5 Å². The molecule has 182 valence electrons. The van der Waals surface area contributed by atoms with Gasteiger partial charge in [0.25, 0.3) is 0 Å². The summed E-state index contributed by atoms with van der Waals surface area (Å²) < 4.78 is 47.9. The first-order chi connectivity index (χ1) is 14.6. The van der Waals surface area contributed by atoms with Gasteiger partial charge in [0, 0.05) is 0 Å². The molecule has 0 aliphatic carbocycles. The zero-order chi connectivity index (χ0) is 24.6. The molecule has 0 spiro atoms. The van der Waals surface area contributed by atoms with Crippen molar-refractivity contribution in [3.8, 4) is 0 Å². The predicted octanol–water partition coefficient (Wildman–Crippen LogP) is 3.40. The minimum Gasteiger partial charge on any atom is -0.456 e. The largest absolute Gasteiger partial charge is 0.456 e. The first kappa shape index (κ1) is 26.7. The Bertz CT molecular complexity index is 908. The summed E-state index contributed by atoms with van der Waals surface area (Å²) >= 11 is 6.24. The summed E-state index contributed by atoms with van der Waals surface area (Å²) in [4.78, 5) is 28.0. The van der Waals surface area contributed by atoms with Crippen LogP contribution in [0.5, 0.6) is 0 Å². The van der Waals surface area contributed by atoms with Gasteiger partial charge in [-0.15, -0.1) is 11.6 Å². The topological polar surface area (TPSA) is 106 Å². The van der Waals surface area contributed by atoms with Gasteiger partial charge in [-0.2, -0.15) is 4.98 Å². The second-order valence-corrected chi connectivity index (χ2v) is 15.0. The van der Waals surface area contributed by atoms with Gasteiger partial charge in [-0.3, -0.25) is 9.36 Å². The number of nitrogen functional groups attached to an aromatic ring is 1. The van der Waals surface area contributed by atoms with Gasteiger partial charge in [-0.1, -0.05) is 34.6 Å². The number of anilines is 1. The lowest BCUT2D eigenvalue weighted by molar-refractivity contribution is -0.167. The highest BCUT2D eigenvalue weighted by molar-refractivity contribution is 6.74. The minimum atomic E-state index is -2.34. The van der Waals surface area contributed by atoms with Crippen molar-refractivity contribution in [1.82, 2.24) is 9.55 Å². The Balaban J connectivity index is 2.50. The van der Waals surface area contributed by atoms with Crippen molar-refractivity contribution in [3.63, 3.8) is 0 Å². The van der Waals surface area contributed by atoms with Crippen LogP contribution < -0.4 is 11.4 Å². The third kappa shape index (κ3) is 5.16. The second-order valence-electron chi connectivity index (χ2n) is 9.88. The summed E-state index contributed by atoms with van der Waals surface area (Å²) in [5, 5.41) is -0.168. The number of esters is 1. The highest BCUT2D eigenvalue weighted by Gasteiger charge is 2.60. The van der Waals surface area contributed by atoms with Gasteiger partial charge in [-0.25, -0.2) is 13.6 Å². The van der Waals surface area contributed by atoms with E-state index in [4.69, 9.17) is 31.2 Å². The third-order valence-corrected chi connectivity index (χ3v) is 11.0. The van der Waals surface area contributed by atoms with Crippen LogP contribution >= 0.6 is 11.6 Å². The van der Waals surface area contributed by atoms with Crippen molar-refractivity contribution in [2.45, 2.75) is 76.9 Å². The molecule has 4 atom stereocenters. The Kier molecular flexibility index (Phi) is 7.80. The van der Waals surface area contributed by atoms with Crippen molar-refractivity contribution in [2.75, 3.05) is 18.2 Å². The minimum absolute atomic E-state index is 0.168. The molecular weight excluding hydrogens is 464 g/mol. The number of aromatic nitrogens is 2. The SMILES string of the molecule is CC(C)C(=O)O[C@H]1[C@H](F)[C@H](n2cc(F)c(N)nc2=O)O[C@]1(CCl)CO[Si](C)(C)C(C)(C)C. The zero-order valence-electron chi connectivity index (χ0n) is 19.4. The van der Waals surface area contributed by atoms with Crippen LogP contribution in [0.25, 0.3) is 0 Å². The molecule has 0 amide bonds. The number of nitrogens with two attached hydrogens (primary N) is 1. The van der Waals surface area contributed by atoms with Crippen LogP contribution in [0.15, 0.2) is 11.0 Å². The van der Waals surface area contributed by atoms with E-state index in [2.05, 4.69) is 4.98 Å². The average molecular weight is 496 g/mol. The summed E-state index contributed by atoms with van der Waals surface area (Å²) in [5.74, 6) is -3.15. The van der Waals surface area contributed by atoms with Crippen LogP contribution in [0, 0.1) is 11.7 Å². The monoisotopic (exact) mass is 495 g/mol. The van der Waals surface area contributed by atoms with Crippen molar-refractivity contribution < 1.29 is 27.5 Å². The van der Waals surface area contributed by atoms with Gasteiger partial charge in [0.05, 0.1) is 24.6 Å². The molecule has 1 aliphatic heterocycles. The molecule has 1 fully saturated rings. The highest BCUT2D eigenvalue weighted by Crippen LogP contribution is 2.44. The molecule has 12 heteroatoms. The molecule has 2 heterocycles. The van der Waals surface area contributed by atoms with Crippen molar-refractivity contribution in [1.29, 1.82) is 0 Å². The molecular formula is C20H32ClF2N3O5Si. The number of carbonyl (C=O) groups is 1. The fraction of sp³-hybridized carbons (Fsp3) is 0.750. The van der Waals surface area contributed by atoms with E-state index in [1.807, 2.05) is 33.9 Å². The van der Waals surface area contributed by atoms with E-state index in [9.17, 15) is 14.0 Å². The van der Waals surface area contributed by atoms with Crippen LogP contribution in [0.4, 0.5) is 14.6 Å². The van der Waals surface area contributed by atoms with Crippen LogP contribution in [-0.4, -0.2) is 54.2 Å². The summed E-state index contributed by atoms with van der Waals surface area (Å²) in [6.07, 6.45) is -4.46. The predicted molar refractivity (Wildman–Crippen MR) is 119 cm³/mol. The number of rotatable bonds is 7. The van der Waals surface area contributed by atoms with Gasteiger partial charge in [-0.05, 0) is 18.1 Å². The molecule has 0 saturated carbocycles. The summed E-state index contributed by atoms with van der Waals surface area (Å²) in [6.45, 7) is 13.1. The first-order valence-corrected chi connectivity index (χ1v) is 13.8. The number of ether oxygens (including phenoxy) is 2. The van der Waals surface area contributed by atoms with E-state index in [1.54, 1.807) is 13.8 Å². The van der Waals surface area contributed by atoms with Gasteiger partial charge in [0.15, 0.2) is 38.5 Å². The number of hydrogen-bond donors (Lipinski definition) is 1. The first-order valence-electron chi connectivity index (χ1n) is 10.3. The fourth-order valence-corrected chi connectivity index (χ4v) is 4.21. The fourth-order valence-electron chi connectivity index (χ4n) is 2.88. The standard InChI is InChI=1S/C20H32ClF2N3O5Si/c1-11(2)17(27)30-14-13(23)16(26-8-12(22)15(24)25-18(26)28)31-20(14,9-21)10-29-32(6,7)19(3,4)5/h8,11,13-14,16H,9-10H2,1-7H3,(H2,24,25,28)/t13-,14-,16+,20+/m0/s1. The van der Waals surface area contributed by atoms with Crippen LogP contribution in [0.2, 0.25) is 18.1 Å². The summed E-state index contributed by atoms with van der Waals surface area (Å²) in [6, 6.07) is 0. The van der Waals surface area contributed by atoms with E-state index in [0.717, 1.165) is 0 Å². The molecule has 1 aliphatic rings. The van der Waals surface area contributed by atoms with Crippen LogP contribution in [-0.2, 0) is 18.7 Å². The Morgan fingerprint density at radius 1 is 1.44 bits per heavy atom. The van der Waals surface area contributed by atoms with Crippen LogP contribution in [0.1, 0.15) is 40.8 Å². The van der Waals surface area contributed by atoms with Crippen molar-refractivity contribution in [2.24, 2.45) is 5.92 Å².